The lowest BCUT2D eigenvalue weighted by atomic mass is 9.65. The average Bonchev–Trinajstić information content (AvgIpc) is 3.85. The van der Waals surface area contributed by atoms with Crippen LogP contribution in [0.25, 0.3) is 0 Å². The van der Waals surface area contributed by atoms with E-state index in [2.05, 4.69) is 27.1 Å². The number of benzene rings is 4. The molecule has 9 rings (SSSR count). The van der Waals surface area contributed by atoms with E-state index in [0.29, 0.717) is 47.2 Å². The lowest BCUT2D eigenvalue weighted by molar-refractivity contribution is -0.179. The third kappa shape index (κ3) is 8.10. The number of methoxy groups -OCH3 is 2. The van der Waals surface area contributed by atoms with Crippen molar-refractivity contribution >= 4 is 41.4 Å². The van der Waals surface area contributed by atoms with Gasteiger partial charge in [0.25, 0.3) is 0 Å². The first-order valence-electron chi connectivity index (χ1n) is 22.0. The summed E-state index contributed by atoms with van der Waals surface area (Å²) < 4.78 is 22.0. The van der Waals surface area contributed by atoms with Gasteiger partial charge in [0, 0.05) is 56.2 Å². The molecular formula is C51H48N6O10. The predicted octanol–water partition coefficient (Wildman–Crippen LogP) is 4.17. The van der Waals surface area contributed by atoms with Gasteiger partial charge in [0.05, 0.1) is 38.8 Å². The number of piperazine rings is 1. The van der Waals surface area contributed by atoms with Gasteiger partial charge in [-0.1, -0.05) is 84.6 Å². The molecule has 0 unspecified atom stereocenters. The van der Waals surface area contributed by atoms with Gasteiger partial charge < -0.3 is 39.2 Å². The standard InChI is InChI=1S/C51H48N6O10/c1-64-46(60)37(47(61)65-2)16-9-11-32-17-22-39-38(31-32)51(49(63)54-39)40(45(59)55-25-27-56(28-26-55)50-52-23-10-24-53-50)42-48(62)67-43(34-14-7-4-8-15-34)41(33-12-5-3-6-13-33)57(42)44(51)35-18-20-36(21-19-35)66-30-29-58/h3-8,10,12-15,17-24,31,37,40-44,58H,16,25-30H2,1-2H3,(H,54,63)/t40-,41-,42-,43+,44+,51-/m0/s1. The van der Waals surface area contributed by atoms with Crippen LogP contribution in [0.1, 0.15) is 52.4 Å². The number of nitrogens with zero attached hydrogens (tertiary/aromatic N) is 5. The Hall–Kier alpha value is -7.61. The van der Waals surface area contributed by atoms with Gasteiger partial charge in [0.15, 0.2) is 5.92 Å². The molecule has 1 spiro atoms. The largest absolute Gasteiger partial charge is 0.491 e. The molecule has 0 saturated carbocycles. The molecule has 0 bridgehead atoms. The van der Waals surface area contributed by atoms with Gasteiger partial charge in [-0.05, 0) is 58.7 Å². The Morgan fingerprint density at radius 1 is 0.821 bits per heavy atom. The molecule has 3 fully saturated rings. The zero-order valence-corrected chi connectivity index (χ0v) is 36.8. The highest BCUT2D eigenvalue weighted by Gasteiger charge is 2.74. The number of esters is 3. The van der Waals surface area contributed by atoms with Gasteiger partial charge in [-0.25, -0.2) is 9.97 Å². The van der Waals surface area contributed by atoms with Crippen molar-refractivity contribution in [2.45, 2.75) is 36.1 Å². The van der Waals surface area contributed by atoms with Crippen molar-refractivity contribution in [1.82, 2.24) is 19.8 Å². The molecule has 5 heterocycles. The fraction of sp³-hybridized carbons (Fsp3) is 0.314. The van der Waals surface area contributed by atoms with E-state index in [1.165, 1.54) is 14.2 Å². The smallest absolute Gasteiger partial charge is 0.324 e. The summed E-state index contributed by atoms with van der Waals surface area (Å²) in [6, 6.07) is 30.1. The van der Waals surface area contributed by atoms with Gasteiger partial charge in [0.2, 0.25) is 17.8 Å². The first-order chi connectivity index (χ1) is 32.7. The maximum absolute atomic E-state index is 15.9. The van der Waals surface area contributed by atoms with Crippen molar-refractivity contribution in [3.05, 3.63) is 149 Å². The summed E-state index contributed by atoms with van der Waals surface area (Å²) >= 11 is 0. The van der Waals surface area contributed by atoms with Gasteiger partial charge in [0.1, 0.15) is 29.9 Å². The molecular weight excluding hydrogens is 857 g/mol. The van der Waals surface area contributed by atoms with Crippen LogP contribution in [0.5, 0.6) is 5.75 Å². The van der Waals surface area contributed by atoms with E-state index in [4.69, 9.17) is 18.9 Å². The molecule has 0 radical (unpaired) electrons. The molecule has 2 N–H and O–H groups in total. The summed E-state index contributed by atoms with van der Waals surface area (Å²) in [6.07, 6.45) is 2.25. The van der Waals surface area contributed by atoms with Gasteiger partial charge in [-0.15, -0.1) is 0 Å². The fourth-order valence-electron chi connectivity index (χ4n) is 10.1. The van der Waals surface area contributed by atoms with Crippen LogP contribution in [-0.4, -0.2) is 114 Å². The zero-order valence-electron chi connectivity index (χ0n) is 36.8. The SMILES string of the molecule is COC(=O)C(CC#Cc1ccc2c(c1)[C@]1(C(=O)N2)[C@H](C(=O)N2CCN(c3ncccn3)CC2)[C@H]2C(=O)O[C@H](c3ccccc3)[C@H](c3ccccc3)N2[C@@H]1c1ccc(OCCO)cc1)C(=O)OC. The second kappa shape index (κ2) is 19.1. The summed E-state index contributed by atoms with van der Waals surface area (Å²) in [4.78, 5) is 86.5. The Labute approximate surface area is 386 Å². The lowest BCUT2D eigenvalue weighted by Crippen LogP contribution is -2.58. The monoisotopic (exact) mass is 904 g/mol. The number of cyclic esters (lactones) is 1. The number of ether oxygens (including phenoxy) is 4. The van der Waals surface area contributed by atoms with Crippen molar-refractivity contribution < 1.29 is 48.0 Å². The normalized spacial score (nSPS) is 23.1. The Morgan fingerprint density at radius 3 is 2.12 bits per heavy atom. The average molecular weight is 905 g/mol. The third-order valence-electron chi connectivity index (χ3n) is 13.1. The van der Waals surface area contributed by atoms with Crippen LogP contribution in [-0.2, 0) is 43.6 Å². The Balaban J connectivity index is 1.25. The van der Waals surface area contributed by atoms with E-state index < -0.39 is 71.2 Å². The van der Waals surface area contributed by atoms with Crippen molar-refractivity contribution in [2.75, 3.05) is 63.8 Å². The summed E-state index contributed by atoms with van der Waals surface area (Å²) in [5, 5.41) is 12.7. The Kier molecular flexibility index (Phi) is 12.7. The van der Waals surface area contributed by atoms with Crippen molar-refractivity contribution in [2.24, 2.45) is 11.8 Å². The molecule has 5 aromatic rings. The van der Waals surface area contributed by atoms with Gasteiger partial charge >= 0.3 is 17.9 Å². The molecule has 4 aromatic carbocycles. The number of aliphatic hydroxyl groups excluding tert-OH is 1. The third-order valence-corrected chi connectivity index (χ3v) is 13.1. The summed E-state index contributed by atoms with van der Waals surface area (Å²) in [5.74, 6) is 1.21. The van der Waals surface area contributed by atoms with Crippen LogP contribution >= 0.6 is 0 Å². The Morgan fingerprint density at radius 2 is 1.48 bits per heavy atom. The molecule has 1 aromatic heterocycles. The zero-order chi connectivity index (χ0) is 46.7. The number of hydrogen-bond donors (Lipinski definition) is 2. The molecule has 0 aliphatic carbocycles. The highest BCUT2D eigenvalue weighted by Crippen LogP contribution is 2.65. The molecule has 4 aliphatic heterocycles. The van der Waals surface area contributed by atoms with E-state index in [9.17, 15) is 14.7 Å². The number of aliphatic hydroxyl groups is 1. The van der Waals surface area contributed by atoms with E-state index in [-0.39, 0.29) is 32.7 Å². The van der Waals surface area contributed by atoms with Gasteiger partial charge in [-0.3, -0.25) is 28.9 Å². The summed E-state index contributed by atoms with van der Waals surface area (Å²) in [5.41, 5.74) is 1.63. The number of morpholine rings is 1. The topological polar surface area (TPSA) is 190 Å². The number of amides is 2. The quantitative estimate of drug-likeness (QED) is 0.0832. The van der Waals surface area contributed by atoms with E-state index >= 15 is 14.4 Å². The first kappa shape index (κ1) is 44.6. The van der Waals surface area contributed by atoms with Crippen LogP contribution < -0.4 is 15.0 Å². The number of rotatable bonds is 11. The van der Waals surface area contributed by atoms with Crippen molar-refractivity contribution in [3.8, 4) is 17.6 Å². The maximum atomic E-state index is 15.9. The van der Waals surface area contributed by atoms with Crippen LogP contribution in [0.2, 0.25) is 0 Å². The molecule has 16 nitrogen and oxygen atoms in total. The number of nitrogens with one attached hydrogen (secondary N) is 1. The second-order valence-electron chi connectivity index (χ2n) is 16.6. The minimum Gasteiger partial charge on any atom is -0.491 e. The minimum atomic E-state index is -1.79. The highest BCUT2D eigenvalue weighted by molar-refractivity contribution is 6.12. The van der Waals surface area contributed by atoms with Gasteiger partial charge in [-0.2, -0.15) is 0 Å². The van der Waals surface area contributed by atoms with Crippen LogP contribution in [0.4, 0.5) is 11.6 Å². The summed E-state index contributed by atoms with van der Waals surface area (Å²) in [6.45, 7) is 1.16. The molecule has 2 amide bonds. The Bertz CT molecular complexity index is 2690. The number of carbonyl (C=O) groups is 5. The predicted molar refractivity (Wildman–Crippen MR) is 242 cm³/mol. The molecule has 16 heteroatoms. The number of hydrogen-bond acceptors (Lipinski definition) is 14. The van der Waals surface area contributed by atoms with E-state index in [1.807, 2.05) is 82.6 Å². The van der Waals surface area contributed by atoms with Crippen molar-refractivity contribution in [1.29, 1.82) is 0 Å². The van der Waals surface area contributed by atoms with Crippen LogP contribution in [0.3, 0.4) is 0 Å². The summed E-state index contributed by atoms with van der Waals surface area (Å²) in [7, 11) is 2.35. The number of fused-ring (bicyclic) bond motifs is 3. The maximum Gasteiger partial charge on any atom is 0.324 e. The van der Waals surface area contributed by atoms with Crippen LogP contribution in [0, 0.1) is 23.7 Å². The highest BCUT2D eigenvalue weighted by atomic mass is 16.6. The molecule has 3 saturated heterocycles. The number of anilines is 2. The second-order valence-corrected chi connectivity index (χ2v) is 16.6. The number of aromatic nitrogens is 2. The minimum absolute atomic E-state index is 0.0570. The van der Waals surface area contributed by atoms with Crippen LogP contribution in [0.15, 0.2) is 122 Å². The molecule has 6 atom stereocenters. The van der Waals surface area contributed by atoms with Crippen molar-refractivity contribution in [3.63, 3.8) is 0 Å². The molecule has 4 aliphatic rings. The molecule has 67 heavy (non-hydrogen) atoms. The fourth-order valence-corrected chi connectivity index (χ4v) is 10.1. The number of carbonyl (C=O) groups excluding carboxylic acids is 5. The van der Waals surface area contributed by atoms with E-state index in [0.717, 1.165) is 11.1 Å². The first-order valence-corrected chi connectivity index (χ1v) is 22.0. The molecule has 342 valence electrons. The lowest BCUT2D eigenvalue weighted by Gasteiger charge is -2.46. The van der Waals surface area contributed by atoms with E-state index in [1.54, 1.807) is 53.7 Å².